The third-order valence-corrected chi connectivity index (χ3v) is 5.64. The number of aliphatic imine (C=N–C) groups is 1. The van der Waals surface area contributed by atoms with Crippen LogP contribution >= 0.6 is 11.8 Å². The van der Waals surface area contributed by atoms with Crippen molar-refractivity contribution in [1.82, 2.24) is 10.6 Å². The van der Waals surface area contributed by atoms with Crippen molar-refractivity contribution in [2.75, 3.05) is 32.0 Å². The molecule has 0 aromatic carbocycles. The summed E-state index contributed by atoms with van der Waals surface area (Å²) in [6.07, 6.45) is 7.81. The smallest absolute Gasteiger partial charge is 0.191 e. The minimum atomic E-state index is 0.291. The van der Waals surface area contributed by atoms with Crippen LogP contribution in [0, 0.1) is 0 Å². The average molecular weight is 337 g/mol. The summed E-state index contributed by atoms with van der Waals surface area (Å²) < 4.78 is 11.0. The van der Waals surface area contributed by atoms with Gasteiger partial charge in [0.25, 0.3) is 0 Å². The molecule has 0 radical (unpaired) electrons. The van der Waals surface area contributed by atoms with Gasteiger partial charge in [-0.15, -0.1) is 0 Å². The van der Waals surface area contributed by atoms with Crippen molar-refractivity contribution in [3.8, 4) is 0 Å². The predicted molar refractivity (Wildman–Crippen MR) is 95.2 cm³/mol. The molecule has 0 spiro atoms. The Balaban J connectivity index is 1.45. The maximum absolute atomic E-state index is 5.66. The van der Waals surface area contributed by atoms with Gasteiger partial charge in [0.2, 0.25) is 0 Å². The molecule has 2 unspecified atom stereocenters. The number of nitrogens with one attached hydrogen (secondary N) is 2. The number of thioether (sulfide) groups is 1. The molecule has 0 saturated carbocycles. The van der Waals surface area contributed by atoms with Gasteiger partial charge in [0.1, 0.15) is 5.76 Å². The number of rotatable bonds is 7. The molecule has 128 valence electrons. The molecule has 0 bridgehead atoms. The first-order valence-electron chi connectivity index (χ1n) is 8.68. The summed E-state index contributed by atoms with van der Waals surface area (Å²) in [5.74, 6) is 3.20. The van der Waals surface area contributed by atoms with Gasteiger partial charge in [-0.2, -0.15) is 11.8 Å². The van der Waals surface area contributed by atoms with Gasteiger partial charge in [0.05, 0.1) is 18.9 Å². The summed E-state index contributed by atoms with van der Waals surface area (Å²) in [5.41, 5.74) is 0. The topological polar surface area (TPSA) is 58.8 Å². The molecule has 23 heavy (non-hydrogen) atoms. The normalized spacial score (nSPS) is 25.0. The molecule has 5 nitrogen and oxygen atoms in total. The third-order valence-electron chi connectivity index (χ3n) is 4.24. The lowest BCUT2D eigenvalue weighted by Crippen LogP contribution is -2.41. The molecule has 2 saturated heterocycles. The zero-order chi connectivity index (χ0) is 15.7. The summed E-state index contributed by atoms with van der Waals surface area (Å²) >= 11 is 2.06. The van der Waals surface area contributed by atoms with Gasteiger partial charge in [-0.3, -0.25) is 4.99 Å². The lowest BCUT2D eigenvalue weighted by atomic mass is 10.2. The second-order valence-corrected chi connectivity index (χ2v) is 7.50. The molecule has 2 fully saturated rings. The van der Waals surface area contributed by atoms with Crippen LogP contribution in [-0.2, 0) is 11.2 Å². The van der Waals surface area contributed by atoms with E-state index in [4.69, 9.17) is 14.1 Å². The molecular weight excluding hydrogens is 310 g/mol. The Bertz CT molecular complexity index is 466. The Kier molecular flexibility index (Phi) is 6.70. The van der Waals surface area contributed by atoms with Crippen molar-refractivity contribution in [3.05, 3.63) is 24.2 Å². The Morgan fingerprint density at radius 1 is 1.30 bits per heavy atom. The molecule has 0 aliphatic carbocycles. The van der Waals surface area contributed by atoms with Crippen molar-refractivity contribution < 1.29 is 9.15 Å². The number of nitrogens with zero attached hydrogens (tertiary/aromatic N) is 1. The largest absolute Gasteiger partial charge is 0.469 e. The lowest BCUT2D eigenvalue weighted by molar-refractivity contribution is 0.117. The SMILES string of the molecule is c1coc(CCNC(=NCC2CCCO2)NCC2CCCS2)c1. The van der Waals surface area contributed by atoms with E-state index in [1.54, 1.807) is 6.26 Å². The van der Waals surface area contributed by atoms with Gasteiger partial charge in [0, 0.05) is 31.4 Å². The van der Waals surface area contributed by atoms with E-state index in [0.29, 0.717) is 6.10 Å². The van der Waals surface area contributed by atoms with Crippen molar-refractivity contribution in [3.63, 3.8) is 0 Å². The maximum Gasteiger partial charge on any atom is 0.191 e. The van der Waals surface area contributed by atoms with Crippen LogP contribution in [-0.4, -0.2) is 49.3 Å². The highest BCUT2D eigenvalue weighted by Crippen LogP contribution is 2.25. The summed E-state index contributed by atoms with van der Waals surface area (Å²) in [7, 11) is 0. The minimum Gasteiger partial charge on any atom is -0.469 e. The van der Waals surface area contributed by atoms with Crippen LogP contribution in [0.15, 0.2) is 27.8 Å². The predicted octanol–water partition coefficient (Wildman–Crippen LogP) is 2.43. The first-order valence-corrected chi connectivity index (χ1v) is 9.73. The van der Waals surface area contributed by atoms with Gasteiger partial charge in [0.15, 0.2) is 5.96 Å². The standard InChI is InChI=1S/C17H27N3O2S/c1-4-14(21-9-1)7-8-18-17(19-12-15-5-2-10-22-15)20-13-16-6-3-11-23-16/h1,4,9,15-16H,2-3,5-8,10-13H2,(H2,18,19,20). The van der Waals surface area contributed by atoms with E-state index in [9.17, 15) is 0 Å². The highest BCUT2D eigenvalue weighted by Gasteiger charge is 2.17. The summed E-state index contributed by atoms with van der Waals surface area (Å²) in [4.78, 5) is 4.72. The van der Waals surface area contributed by atoms with Crippen LogP contribution in [0.25, 0.3) is 0 Å². The average Bonchev–Trinajstić information content (AvgIpc) is 3.33. The van der Waals surface area contributed by atoms with Crippen molar-refractivity contribution >= 4 is 17.7 Å². The Hall–Kier alpha value is -1.14. The van der Waals surface area contributed by atoms with E-state index >= 15 is 0 Å². The molecule has 2 atom stereocenters. The van der Waals surface area contributed by atoms with Crippen LogP contribution in [0.1, 0.15) is 31.4 Å². The number of guanidine groups is 1. The van der Waals surface area contributed by atoms with Crippen LogP contribution < -0.4 is 10.6 Å². The number of hydrogen-bond donors (Lipinski definition) is 2. The van der Waals surface area contributed by atoms with Crippen molar-refractivity contribution in [1.29, 1.82) is 0 Å². The van der Waals surface area contributed by atoms with Crippen LogP contribution in [0.3, 0.4) is 0 Å². The highest BCUT2D eigenvalue weighted by atomic mass is 32.2. The Labute approximate surface area is 142 Å². The zero-order valence-corrected chi connectivity index (χ0v) is 14.4. The maximum atomic E-state index is 5.66. The molecule has 2 aliphatic rings. The minimum absolute atomic E-state index is 0.291. The molecule has 3 rings (SSSR count). The fraction of sp³-hybridized carbons (Fsp3) is 0.706. The molecule has 1 aromatic rings. The molecule has 3 heterocycles. The molecule has 2 aliphatic heterocycles. The monoisotopic (exact) mass is 337 g/mol. The van der Waals surface area contributed by atoms with Crippen LogP contribution in [0.5, 0.6) is 0 Å². The second-order valence-electron chi connectivity index (χ2n) is 6.10. The zero-order valence-electron chi connectivity index (χ0n) is 13.6. The van der Waals surface area contributed by atoms with Gasteiger partial charge in [-0.1, -0.05) is 0 Å². The first-order chi connectivity index (χ1) is 11.4. The Morgan fingerprint density at radius 2 is 2.30 bits per heavy atom. The second kappa shape index (κ2) is 9.23. The quantitative estimate of drug-likeness (QED) is 0.591. The highest BCUT2D eigenvalue weighted by molar-refractivity contribution is 8.00. The van der Waals surface area contributed by atoms with Gasteiger partial charge in [-0.25, -0.2) is 0 Å². The van der Waals surface area contributed by atoms with E-state index in [0.717, 1.165) is 62.5 Å². The molecule has 0 amide bonds. The van der Waals surface area contributed by atoms with Crippen molar-refractivity contribution in [2.45, 2.75) is 43.5 Å². The summed E-state index contributed by atoms with van der Waals surface area (Å²) in [6, 6.07) is 3.94. The summed E-state index contributed by atoms with van der Waals surface area (Å²) in [6.45, 7) is 3.44. The van der Waals surface area contributed by atoms with E-state index in [1.807, 2.05) is 12.1 Å². The van der Waals surface area contributed by atoms with Gasteiger partial charge in [-0.05, 0) is 43.6 Å². The Morgan fingerprint density at radius 3 is 3.04 bits per heavy atom. The molecular formula is C17H27N3O2S. The third kappa shape index (κ3) is 5.77. The fourth-order valence-corrected chi connectivity index (χ4v) is 4.13. The van der Waals surface area contributed by atoms with E-state index in [-0.39, 0.29) is 0 Å². The molecule has 1 aromatic heterocycles. The van der Waals surface area contributed by atoms with Crippen LogP contribution in [0.4, 0.5) is 0 Å². The lowest BCUT2D eigenvalue weighted by Gasteiger charge is -2.16. The van der Waals surface area contributed by atoms with E-state index in [2.05, 4.69) is 22.4 Å². The number of hydrogen-bond acceptors (Lipinski definition) is 4. The van der Waals surface area contributed by atoms with Crippen molar-refractivity contribution in [2.24, 2.45) is 4.99 Å². The first kappa shape index (κ1) is 16.7. The molecule has 2 N–H and O–H groups in total. The number of ether oxygens (including phenoxy) is 1. The van der Waals surface area contributed by atoms with Gasteiger partial charge >= 0.3 is 0 Å². The summed E-state index contributed by atoms with van der Waals surface area (Å²) in [5, 5.41) is 7.64. The molecule has 6 heteroatoms. The van der Waals surface area contributed by atoms with E-state index in [1.165, 1.54) is 18.6 Å². The fourth-order valence-electron chi connectivity index (χ4n) is 2.93. The van der Waals surface area contributed by atoms with E-state index < -0.39 is 0 Å². The van der Waals surface area contributed by atoms with Crippen LogP contribution in [0.2, 0.25) is 0 Å². The number of furan rings is 1. The van der Waals surface area contributed by atoms with Gasteiger partial charge < -0.3 is 19.8 Å².